The van der Waals surface area contributed by atoms with Crippen molar-refractivity contribution in [3.05, 3.63) is 63.7 Å². The predicted octanol–water partition coefficient (Wildman–Crippen LogP) is 5.22. The maximum atomic E-state index is 13.6. The van der Waals surface area contributed by atoms with Crippen LogP contribution in [0.15, 0.2) is 36.4 Å². The van der Waals surface area contributed by atoms with Crippen LogP contribution in [-0.4, -0.2) is 5.91 Å². The molecule has 1 amide bonds. The first kappa shape index (κ1) is 14.9. The Morgan fingerprint density at radius 3 is 2.36 bits per heavy atom. The summed E-state index contributed by atoms with van der Waals surface area (Å²) in [6.07, 6.45) is 0. The highest BCUT2D eigenvalue weighted by Gasteiger charge is 2.20. The van der Waals surface area contributed by atoms with Crippen LogP contribution in [0.25, 0.3) is 10.1 Å². The minimum absolute atomic E-state index is 0.131. The van der Waals surface area contributed by atoms with Crippen molar-refractivity contribution < 1.29 is 18.0 Å². The first-order valence-corrected chi connectivity index (χ1v) is 7.29. The van der Waals surface area contributed by atoms with E-state index in [2.05, 4.69) is 5.32 Å². The number of hydrogen-bond acceptors (Lipinski definition) is 2. The van der Waals surface area contributed by atoms with E-state index in [1.165, 1.54) is 0 Å². The predicted molar refractivity (Wildman–Crippen MR) is 81.1 cm³/mol. The van der Waals surface area contributed by atoms with Crippen LogP contribution in [0, 0.1) is 17.5 Å². The molecule has 0 aliphatic heterocycles. The molecule has 0 fully saturated rings. The first-order chi connectivity index (χ1) is 10.5. The number of hydrogen-bond donors (Lipinski definition) is 1. The van der Waals surface area contributed by atoms with Crippen LogP contribution >= 0.6 is 22.9 Å². The van der Waals surface area contributed by atoms with Crippen LogP contribution in [0.2, 0.25) is 5.02 Å². The molecule has 0 aliphatic carbocycles. The van der Waals surface area contributed by atoms with Gasteiger partial charge in [0.2, 0.25) is 0 Å². The van der Waals surface area contributed by atoms with Gasteiger partial charge in [-0.3, -0.25) is 4.79 Å². The van der Waals surface area contributed by atoms with Crippen molar-refractivity contribution in [1.29, 1.82) is 0 Å². The van der Waals surface area contributed by atoms with Gasteiger partial charge in [-0.1, -0.05) is 29.8 Å². The Bertz CT molecular complexity index is 871. The Balaban J connectivity index is 1.99. The topological polar surface area (TPSA) is 29.1 Å². The normalized spacial score (nSPS) is 10.9. The molecular weight excluding hydrogens is 335 g/mol. The fourth-order valence-corrected chi connectivity index (χ4v) is 3.40. The number of nitrogens with one attached hydrogen (secondary N) is 1. The summed E-state index contributed by atoms with van der Waals surface area (Å²) in [7, 11) is 0. The zero-order valence-corrected chi connectivity index (χ0v) is 12.4. The van der Waals surface area contributed by atoms with E-state index >= 15 is 0 Å². The van der Waals surface area contributed by atoms with Gasteiger partial charge in [0.05, 0.1) is 5.02 Å². The molecule has 112 valence electrons. The second kappa shape index (κ2) is 5.62. The molecule has 0 saturated heterocycles. The zero-order chi connectivity index (χ0) is 15.9. The van der Waals surface area contributed by atoms with Crippen LogP contribution in [0.1, 0.15) is 9.67 Å². The molecule has 2 aromatic carbocycles. The van der Waals surface area contributed by atoms with Crippen molar-refractivity contribution in [3.63, 3.8) is 0 Å². The van der Waals surface area contributed by atoms with Crippen molar-refractivity contribution in [2.75, 3.05) is 5.32 Å². The van der Waals surface area contributed by atoms with E-state index in [-0.39, 0.29) is 9.90 Å². The third-order valence-electron chi connectivity index (χ3n) is 2.99. The van der Waals surface area contributed by atoms with E-state index in [9.17, 15) is 18.0 Å². The Morgan fingerprint density at radius 2 is 1.73 bits per heavy atom. The van der Waals surface area contributed by atoms with Crippen molar-refractivity contribution in [2.45, 2.75) is 0 Å². The second-order valence-electron chi connectivity index (χ2n) is 4.44. The minimum atomic E-state index is -1.19. The molecule has 3 aromatic rings. The molecule has 0 bridgehead atoms. The molecule has 3 rings (SSSR count). The smallest absolute Gasteiger partial charge is 0.267 e. The lowest BCUT2D eigenvalue weighted by Gasteiger charge is -2.07. The van der Waals surface area contributed by atoms with Crippen molar-refractivity contribution in [3.8, 4) is 0 Å². The van der Waals surface area contributed by atoms with Gasteiger partial charge in [-0.2, -0.15) is 0 Å². The maximum Gasteiger partial charge on any atom is 0.267 e. The van der Waals surface area contributed by atoms with Crippen molar-refractivity contribution in [1.82, 2.24) is 0 Å². The zero-order valence-electron chi connectivity index (χ0n) is 10.8. The van der Waals surface area contributed by atoms with E-state index in [0.29, 0.717) is 17.5 Å². The maximum absolute atomic E-state index is 13.6. The molecule has 1 N–H and O–H groups in total. The number of carbonyl (C=O) groups excluding carboxylic acids is 1. The average molecular weight is 342 g/mol. The Hall–Kier alpha value is -2.05. The van der Waals surface area contributed by atoms with Gasteiger partial charge >= 0.3 is 0 Å². The Morgan fingerprint density at radius 1 is 1.09 bits per heavy atom. The van der Waals surface area contributed by atoms with Crippen molar-refractivity contribution >= 4 is 44.6 Å². The summed E-state index contributed by atoms with van der Waals surface area (Å²) in [6.45, 7) is 0. The minimum Gasteiger partial charge on any atom is -0.316 e. The number of thiophene rings is 1. The van der Waals surface area contributed by atoms with Gasteiger partial charge in [-0.05, 0) is 6.07 Å². The van der Waals surface area contributed by atoms with Crippen LogP contribution in [0.5, 0.6) is 0 Å². The van der Waals surface area contributed by atoms with Gasteiger partial charge in [-0.25, -0.2) is 13.2 Å². The quantitative estimate of drug-likeness (QED) is 0.680. The van der Waals surface area contributed by atoms with Gasteiger partial charge in [-0.15, -0.1) is 11.3 Å². The molecule has 0 unspecified atom stereocenters. The van der Waals surface area contributed by atoms with E-state index in [4.69, 9.17) is 11.6 Å². The standard InChI is InChI=1S/C15H7ClF3NOS/c16-12-8-3-1-2-4-11(8)22-14(12)15(21)20-13-9(18)5-7(17)6-10(13)19/h1-6H,(H,20,21). The molecule has 0 radical (unpaired) electrons. The van der Waals surface area contributed by atoms with E-state index in [1.807, 2.05) is 0 Å². The summed E-state index contributed by atoms with van der Waals surface area (Å²) >= 11 is 7.23. The summed E-state index contributed by atoms with van der Waals surface area (Å²) in [5, 5.41) is 2.98. The molecule has 1 heterocycles. The number of halogens is 4. The molecule has 22 heavy (non-hydrogen) atoms. The third-order valence-corrected chi connectivity index (χ3v) is 4.66. The summed E-state index contributed by atoms with van der Waals surface area (Å²) in [5.41, 5.74) is -0.708. The monoisotopic (exact) mass is 341 g/mol. The lowest BCUT2D eigenvalue weighted by molar-refractivity contribution is 0.102. The Labute approximate surface area is 132 Å². The lowest BCUT2D eigenvalue weighted by Crippen LogP contribution is -2.13. The largest absolute Gasteiger partial charge is 0.316 e. The van der Waals surface area contributed by atoms with Crippen LogP contribution in [-0.2, 0) is 0 Å². The van der Waals surface area contributed by atoms with Gasteiger partial charge in [0, 0.05) is 22.2 Å². The molecule has 0 aliphatic rings. The number of carbonyl (C=O) groups is 1. The molecule has 0 spiro atoms. The number of rotatable bonds is 2. The molecule has 2 nitrogen and oxygen atoms in total. The average Bonchev–Trinajstić information content (AvgIpc) is 2.80. The molecule has 0 atom stereocenters. The summed E-state index contributed by atoms with van der Waals surface area (Å²) < 4.78 is 40.8. The Kier molecular flexibility index (Phi) is 3.80. The molecule has 1 aromatic heterocycles. The number of anilines is 1. The lowest BCUT2D eigenvalue weighted by atomic mass is 10.2. The van der Waals surface area contributed by atoms with E-state index in [0.717, 1.165) is 16.0 Å². The fourth-order valence-electron chi connectivity index (χ4n) is 1.99. The van der Waals surface area contributed by atoms with Gasteiger partial charge in [0.15, 0.2) is 11.6 Å². The van der Waals surface area contributed by atoms with Gasteiger partial charge < -0.3 is 5.32 Å². The van der Waals surface area contributed by atoms with Crippen LogP contribution in [0.3, 0.4) is 0 Å². The molecule has 0 saturated carbocycles. The van der Waals surface area contributed by atoms with E-state index < -0.39 is 29.0 Å². The highest BCUT2D eigenvalue weighted by atomic mass is 35.5. The van der Waals surface area contributed by atoms with Gasteiger partial charge in [0.1, 0.15) is 16.4 Å². The van der Waals surface area contributed by atoms with E-state index in [1.54, 1.807) is 24.3 Å². The summed E-state index contributed by atoms with van der Waals surface area (Å²) in [5.74, 6) is -4.20. The number of benzene rings is 2. The van der Waals surface area contributed by atoms with Crippen LogP contribution in [0.4, 0.5) is 18.9 Å². The summed E-state index contributed by atoms with van der Waals surface area (Å²) in [6, 6.07) is 8.06. The first-order valence-electron chi connectivity index (χ1n) is 6.10. The molecule has 7 heteroatoms. The highest BCUT2D eigenvalue weighted by molar-refractivity contribution is 7.21. The SMILES string of the molecule is O=C(Nc1c(F)cc(F)cc1F)c1sc2ccccc2c1Cl. The highest BCUT2D eigenvalue weighted by Crippen LogP contribution is 2.35. The van der Waals surface area contributed by atoms with Crippen LogP contribution < -0.4 is 5.32 Å². The number of fused-ring (bicyclic) bond motifs is 1. The fraction of sp³-hybridized carbons (Fsp3) is 0. The van der Waals surface area contributed by atoms with Crippen molar-refractivity contribution in [2.24, 2.45) is 0 Å². The summed E-state index contributed by atoms with van der Waals surface area (Å²) in [4.78, 5) is 12.3. The number of amides is 1. The van der Waals surface area contributed by atoms with Gasteiger partial charge in [0.25, 0.3) is 5.91 Å². The third kappa shape index (κ3) is 2.55. The molecular formula is C15H7ClF3NOS. The second-order valence-corrected chi connectivity index (χ2v) is 5.87.